The van der Waals surface area contributed by atoms with Gasteiger partial charge in [-0.3, -0.25) is 14.4 Å². The van der Waals surface area contributed by atoms with Crippen molar-refractivity contribution in [1.29, 1.82) is 0 Å². The fourth-order valence-electron chi connectivity index (χ4n) is 3.85. The maximum Gasteiger partial charge on any atom is 0.239 e. The molecule has 1 aromatic rings. The zero-order valence-corrected chi connectivity index (χ0v) is 12.7. The molecule has 2 saturated heterocycles. The van der Waals surface area contributed by atoms with Crippen molar-refractivity contribution in [2.24, 2.45) is 18.9 Å². The Kier molecular flexibility index (Phi) is 3.25. The largest absolute Gasteiger partial charge is 0.341 e. The molecular formula is C16H24N4O. The summed E-state index contributed by atoms with van der Waals surface area (Å²) in [4.78, 5) is 17.3. The number of piperidine rings is 2. The van der Waals surface area contributed by atoms with Crippen LogP contribution in [0.4, 0.5) is 0 Å². The Balaban J connectivity index is 1.48. The number of likely N-dealkylation sites (tertiary alicyclic amines) is 2. The van der Waals surface area contributed by atoms with Crippen LogP contribution in [-0.4, -0.2) is 51.2 Å². The van der Waals surface area contributed by atoms with E-state index in [-0.39, 0.29) is 6.04 Å². The predicted molar refractivity (Wildman–Crippen MR) is 79.4 cm³/mol. The molecule has 0 radical (unpaired) electrons. The van der Waals surface area contributed by atoms with Gasteiger partial charge >= 0.3 is 0 Å². The van der Waals surface area contributed by atoms with Crippen LogP contribution in [-0.2, 0) is 18.4 Å². The smallest absolute Gasteiger partial charge is 0.239 e. The minimum Gasteiger partial charge on any atom is -0.341 e. The van der Waals surface area contributed by atoms with Crippen LogP contribution < -0.4 is 0 Å². The number of hydrogen-bond acceptors (Lipinski definition) is 3. The van der Waals surface area contributed by atoms with E-state index in [0.717, 1.165) is 38.5 Å². The van der Waals surface area contributed by atoms with Crippen LogP contribution in [0.25, 0.3) is 0 Å². The maximum absolute atomic E-state index is 12.8. The molecule has 1 saturated carbocycles. The Hall–Kier alpha value is -1.36. The molecule has 114 valence electrons. The zero-order chi connectivity index (χ0) is 14.4. The molecule has 1 aliphatic carbocycles. The molecule has 2 bridgehead atoms. The normalized spacial score (nSPS) is 30.0. The lowest BCUT2D eigenvalue weighted by atomic mass is 9.85. The topological polar surface area (TPSA) is 41.4 Å². The standard InChI is InChI=1S/C16H24N4O/c1-18-14(4-6-17-18)11-19-7-5-13-8-15(19)16(21)20(10-13)9-12-2-3-12/h4,6,12-13,15H,2-3,5,7-11H2,1H3/t13-,15+/m0/s1. The highest BCUT2D eigenvalue weighted by atomic mass is 16.2. The average Bonchev–Trinajstić information content (AvgIpc) is 3.21. The fourth-order valence-corrected chi connectivity index (χ4v) is 3.85. The number of hydrogen-bond donors (Lipinski definition) is 0. The van der Waals surface area contributed by atoms with E-state index in [9.17, 15) is 4.79 Å². The number of aryl methyl sites for hydroxylation is 1. The van der Waals surface area contributed by atoms with E-state index >= 15 is 0 Å². The maximum atomic E-state index is 12.8. The molecule has 0 spiro atoms. The number of aromatic nitrogens is 2. The lowest BCUT2D eigenvalue weighted by Crippen LogP contribution is -2.58. The molecule has 3 heterocycles. The third-order valence-corrected chi connectivity index (χ3v) is 5.36. The first-order valence-corrected chi connectivity index (χ1v) is 8.20. The molecule has 2 aliphatic heterocycles. The molecule has 0 unspecified atom stereocenters. The van der Waals surface area contributed by atoms with Gasteiger partial charge in [0, 0.05) is 32.9 Å². The summed E-state index contributed by atoms with van der Waals surface area (Å²) in [5.41, 5.74) is 1.19. The van der Waals surface area contributed by atoms with E-state index in [0.29, 0.717) is 11.8 Å². The van der Waals surface area contributed by atoms with Crippen LogP contribution in [0.5, 0.6) is 0 Å². The van der Waals surface area contributed by atoms with E-state index in [4.69, 9.17) is 0 Å². The molecule has 3 fully saturated rings. The zero-order valence-electron chi connectivity index (χ0n) is 12.7. The van der Waals surface area contributed by atoms with Crippen molar-refractivity contribution < 1.29 is 4.79 Å². The van der Waals surface area contributed by atoms with Crippen LogP contribution in [0.1, 0.15) is 31.4 Å². The number of carbonyl (C=O) groups is 1. The van der Waals surface area contributed by atoms with Gasteiger partial charge in [-0.25, -0.2) is 0 Å². The summed E-state index contributed by atoms with van der Waals surface area (Å²) in [6, 6.07) is 2.16. The van der Waals surface area contributed by atoms with Gasteiger partial charge in [0.05, 0.1) is 11.7 Å². The third kappa shape index (κ3) is 2.59. The molecule has 5 heteroatoms. The van der Waals surface area contributed by atoms with E-state index in [1.54, 1.807) is 0 Å². The first-order chi connectivity index (χ1) is 10.2. The number of fused-ring (bicyclic) bond motifs is 2. The van der Waals surface area contributed by atoms with E-state index in [1.807, 2.05) is 17.9 Å². The molecule has 0 N–H and O–H groups in total. The van der Waals surface area contributed by atoms with Crippen LogP contribution >= 0.6 is 0 Å². The Labute approximate surface area is 125 Å². The van der Waals surface area contributed by atoms with Gasteiger partial charge in [0.1, 0.15) is 0 Å². The lowest BCUT2D eigenvalue weighted by molar-refractivity contribution is -0.146. The van der Waals surface area contributed by atoms with Crippen LogP contribution in [0.2, 0.25) is 0 Å². The quantitative estimate of drug-likeness (QED) is 0.837. The minimum absolute atomic E-state index is 0.103. The molecular weight excluding hydrogens is 264 g/mol. The second kappa shape index (κ2) is 5.13. The van der Waals surface area contributed by atoms with Crippen molar-refractivity contribution in [3.63, 3.8) is 0 Å². The summed E-state index contributed by atoms with van der Waals surface area (Å²) in [7, 11) is 1.98. The highest BCUT2D eigenvalue weighted by Crippen LogP contribution is 2.35. The summed E-state index contributed by atoms with van der Waals surface area (Å²) < 4.78 is 1.92. The summed E-state index contributed by atoms with van der Waals surface area (Å²) in [6.45, 7) is 3.90. The SMILES string of the molecule is Cn1nccc1CN1CC[C@H]2C[C@@H]1C(=O)N(CC1CC1)C2. The van der Waals surface area contributed by atoms with Gasteiger partial charge in [0.15, 0.2) is 0 Å². The molecule has 2 atom stereocenters. The first-order valence-electron chi connectivity index (χ1n) is 8.20. The Bertz CT molecular complexity index is 536. The van der Waals surface area contributed by atoms with Crippen molar-refractivity contribution >= 4 is 5.91 Å². The molecule has 0 aromatic carbocycles. The molecule has 3 aliphatic rings. The number of rotatable bonds is 4. The monoisotopic (exact) mass is 288 g/mol. The van der Waals surface area contributed by atoms with E-state index in [2.05, 4.69) is 21.0 Å². The Morgan fingerprint density at radius 1 is 1.33 bits per heavy atom. The number of amides is 1. The predicted octanol–water partition coefficient (Wildman–Crippen LogP) is 1.25. The summed E-state index contributed by atoms with van der Waals surface area (Å²) >= 11 is 0. The van der Waals surface area contributed by atoms with Crippen LogP contribution in [0, 0.1) is 11.8 Å². The molecule has 4 rings (SSSR count). The van der Waals surface area contributed by atoms with Crippen molar-refractivity contribution in [2.75, 3.05) is 19.6 Å². The highest BCUT2D eigenvalue weighted by molar-refractivity contribution is 5.83. The van der Waals surface area contributed by atoms with Crippen molar-refractivity contribution in [3.05, 3.63) is 18.0 Å². The van der Waals surface area contributed by atoms with Gasteiger partial charge in [0.25, 0.3) is 0 Å². The molecule has 21 heavy (non-hydrogen) atoms. The first kappa shape index (κ1) is 13.3. The molecule has 5 nitrogen and oxygen atoms in total. The van der Waals surface area contributed by atoms with Crippen LogP contribution in [0.15, 0.2) is 12.3 Å². The van der Waals surface area contributed by atoms with Gasteiger partial charge in [-0.2, -0.15) is 5.10 Å². The lowest BCUT2D eigenvalue weighted by Gasteiger charge is -2.46. The second-order valence-corrected chi connectivity index (χ2v) is 7.01. The van der Waals surface area contributed by atoms with Gasteiger partial charge in [-0.1, -0.05) is 0 Å². The fraction of sp³-hybridized carbons (Fsp3) is 0.750. The van der Waals surface area contributed by atoms with Crippen LogP contribution in [0.3, 0.4) is 0 Å². The van der Waals surface area contributed by atoms with Crippen molar-refractivity contribution in [2.45, 2.75) is 38.3 Å². The van der Waals surface area contributed by atoms with E-state index in [1.165, 1.54) is 25.0 Å². The van der Waals surface area contributed by atoms with Gasteiger partial charge in [-0.15, -0.1) is 0 Å². The third-order valence-electron chi connectivity index (χ3n) is 5.36. The molecule has 1 amide bonds. The van der Waals surface area contributed by atoms with Crippen molar-refractivity contribution in [1.82, 2.24) is 19.6 Å². The van der Waals surface area contributed by atoms with Crippen molar-refractivity contribution in [3.8, 4) is 0 Å². The van der Waals surface area contributed by atoms with Gasteiger partial charge < -0.3 is 4.90 Å². The molecule has 1 aromatic heterocycles. The Morgan fingerprint density at radius 3 is 2.90 bits per heavy atom. The van der Waals surface area contributed by atoms with Gasteiger partial charge in [-0.05, 0) is 50.1 Å². The highest BCUT2D eigenvalue weighted by Gasteiger charge is 2.42. The number of nitrogens with zero attached hydrogens (tertiary/aromatic N) is 4. The minimum atomic E-state index is 0.103. The summed E-state index contributed by atoms with van der Waals surface area (Å²) in [6.07, 6.45) is 6.75. The average molecular weight is 288 g/mol. The number of carbonyl (C=O) groups excluding carboxylic acids is 1. The summed E-state index contributed by atoms with van der Waals surface area (Å²) in [5.74, 6) is 1.88. The van der Waals surface area contributed by atoms with Gasteiger partial charge in [0.2, 0.25) is 5.91 Å². The summed E-state index contributed by atoms with van der Waals surface area (Å²) in [5, 5.41) is 4.24. The Morgan fingerprint density at radius 2 is 2.19 bits per heavy atom. The van der Waals surface area contributed by atoms with E-state index < -0.39 is 0 Å². The second-order valence-electron chi connectivity index (χ2n) is 7.01.